The van der Waals surface area contributed by atoms with Crippen molar-refractivity contribution in [2.24, 2.45) is 4.99 Å². The van der Waals surface area contributed by atoms with Crippen LogP contribution in [0.4, 0.5) is 0 Å². The summed E-state index contributed by atoms with van der Waals surface area (Å²) >= 11 is 0. The van der Waals surface area contributed by atoms with E-state index in [-0.39, 0.29) is 6.61 Å². The number of aromatic nitrogens is 2. The molecule has 0 spiro atoms. The third kappa shape index (κ3) is 4.01. The molecular formula is C23H23N3O3. The normalized spacial score (nSPS) is 14.9. The molecule has 1 aromatic carbocycles. The molecule has 6 heteroatoms. The lowest BCUT2D eigenvalue weighted by atomic mass is 10.2. The third-order valence-corrected chi connectivity index (χ3v) is 4.69. The second-order valence-corrected chi connectivity index (χ2v) is 6.95. The summed E-state index contributed by atoms with van der Waals surface area (Å²) < 4.78 is 10.7. The van der Waals surface area contributed by atoms with Crippen LogP contribution in [0.15, 0.2) is 41.4 Å². The summed E-state index contributed by atoms with van der Waals surface area (Å²) in [5, 5.41) is 3.61. The molecule has 0 fully saturated rings. The standard InChI is InChI=1S/C23H23N3O3/c1-4-28-23(27)13-29-22-12-20(19-10-16-7-5-6-8-17(16)25-19)26-21(22)11-18-14(2)9-15(3)24-18/h5-12,24,26H,4,13H2,1-3H3/b20-19-,21-11?. The molecule has 2 aromatic heterocycles. The summed E-state index contributed by atoms with van der Waals surface area (Å²) in [4.78, 5) is 23.2. The Bertz CT molecular complexity index is 1280. The fraction of sp³-hybridized carbons (Fsp3) is 0.217. The number of nitrogens with zero attached hydrogens (tertiary/aromatic N) is 1. The van der Waals surface area contributed by atoms with Gasteiger partial charge in [-0.1, -0.05) is 18.2 Å². The lowest BCUT2D eigenvalue weighted by Crippen LogP contribution is -2.19. The summed E-state index contributed by atoms with van der Waals surface area (Å²) in [6.07, 6.45) is 4.01. The van der Waals surface area contributed by atoms with Crippen molar-refractivity contribution in [3.05, 3.63) is 74.6 Å². The number of ether oxygens (including phenoxy) is 2. The van der Waals surface area contributed by atoms with E-state index in [2.05, 4.69) is 16.0 Å². The lowest BCUT2D eigenvalue weighted by Gasteiger charge is -2.03. The second-order valence-electron chi connectivity index (χ2n) is 6.95. The molecule has 0 amide bonds. The molecule has 0 saturated carbocycles. The summed E-state index contributed by atoms with van der Waals surface area (Å²) in [7, 11) is 0. The molecule has 29 heavy (non-hydrogen) atoms. The maximum Gasteiger partial charge on any atom is 0.344 e. The number of hydrogen-bond donors (Lipinski definition) is 2. The summed E-state index contributed by atoms with van der Waals surface area (Å²) in [6, 6.07) is 11.9. The maximum absolute atomic E-state index is 11.8. The van der Waals surface area contributed by atoms with Gasteiger partial charge in [-0.2, -0.15) is 0 Å². The van der Waals surface area contributed by atoms with Crippen LogP contribution in [0.5, 0.6) is 5.75 Å². The zero-order chi connectivity index (χ0) is 20.4. The molecule has 4 rings (SSSR count). The van der Waals surface area contributed by atoms with Gasteiger partial charge in [-0.25, -0.2) is 9.79 Å². The molecule has 2 N–H and O–H groups in total. The number of fused-ring (bicyclic) bond motifs is 1. The van der Waals surface area contributed by atoms with E-state index in [0.29, 0.717) is 12.4 Å². The van der Waals surface area contributed by atoms with Gasteiger partial charge < -0.3 is 19.4 Å². The van der Waals surface area contributed by atoms with Crippen molar-refractivity contribution in [2.45, 2.75) is 20.8 Å². The molecule has 0 radical (unpaired) electrons. The van der Waals surface area contributed by atoms with E-state index in [9.17, 15) is 4.79 Å². The minimum absolute atomic E-state index is 0.148. The molecule has 0 atom stereocenters. The van der Waals surface area contributed by atoms with Crippen molar-refractivity contribution in [3.8, 4) is 5.75 Å². The van der Waals surface area contributed by atoms with Gasteiger partial charge in [0.15, 0.2) is 6.61 Å². The summed E-state index contributed by atoms with van der Waals surface area (Å²) in [5.74, 6) is 0.178. The molecule has 1 aliphatic rings. The average molecular weight is 389 g/mol. The van der Waals surface area contributed by atoms with Gasteiger partial charge in [0.1, 0.15) is 5.75 Å². The molecule has 6 nitrogen and oxygen atoms in total. The minimum atomic E-state index is -0.398. The van der Waals surface area contributed by atoms with E-state index < -0.39 is 5.97 Å². The van der Waals surface area contributed by atoms with Crippen LogP contribution in [0.1, 0.15) is 23.9 Å². The van der Waals surface area contributed by atoms with Gasteiger partial charge in [-0.05, 0) is 50.6 Å². The van der Waals surface area contributed by atoms with Crippen LogP contribution in [0.25, 0.3) is 17.8 Å². The van der Waals surface area contributed by atoms with E-state index >= 15 is 0 Å². The number of aryl methyl sites for hydroxylation is 2. The number of carbonyl (C=O) groups excluding carboxylic acids is 1. The van der Waals surface area contributed by atoms with Crippen molar-refractivity contribution < 1.29 is 14.3 Å². The first kappa shape index (κ1) is 18.8. The van der Waals surface area contributed by atoms with Gasteiger partial charge in [0.25, 0.3) is 0 Å². The van der Waals surface area contributed by atoms with Crippen molar-refractivity contribution in [1.82, 2.24) is 9.97 Å². The number of rotatable bonds is 5. The largest absolute Gasteiger partial charge is 0.480 e. The molecule has 148 valence electrons. The first-order valence-corrected chi connectivity index (χ1v) is 9.58. The Balaban J connectivity index is 1.81. The Morgan fingerprint density at radius 3 is 2.72 bits per heavy atom. The fourth-order valence-corrected chi connectivity index (χ4v) is 3.36. The van der Waals surface area contributed by atoms with Gasteiger partial charge in [0.05, 0.1) is 28.4 Å². The first-order chi connectivity index (χ1) is 14.0. The topological polar surface area (TPSA) is 79.5 Å². The lowest BCUT2D eigenvalue weighted by molar-refractivity contribution is -0.145. The van der Waals surface area contributed by atoms with Crippen LogP contribution >= 0.6 is 0 Å². The number of carbonyl (C=O) groups is 1. The number of para-hydroxylation sites is 1. The highest BCUT2D eigenvalue weighted by Gasteiger charge is 2.10. The van der Waals surface area contributed by atoms with Gasteiger partial charge in [0.2, 0.25) is 0 Å². The van der Waals surface area contributed by atoms with Crippen LogP contribution in [0.3, 0.4) is 0 Å². The van der Waals surface area contributed by atoms with E-state index in [4.69, 9.17) is 14.5 Å². The zero-order valence-corrected chi connectivity index (χ0v) is 16.7. The van der Waals surface area contributed by atoms with Crippen molar-refractivity contribution >= 4 is 23.8 Å². The Hall–Kier alpha value is -3.54. The number of nitrogens with one attached hydrogen (secondary N) is 2. The van der Waals surface area contributed by atoms with Crippen molar-refractivity contribution in [1.29, 1.82) is 0 Å². The molecule has 0 unspecified atom stereocenters. The predicted octanol–water partition coefficient (Wildman–Crippen LogP) is 0.952. The van der Waals surface area contributed by atoms with Gasteiger partial charge in [-0.15, -0.1) is 0 Å². The van der Waals surface area contributed by atoms with E-state index in [0.717, 1.165) is 43.9 Å². The summed E-state index contributed by atoms with van der Waals surface area (Å²) in [5.41, 5.74) is 4.02. The SMILES string of the molecule is CCOC(=O)COc1c/c(=C2\C=c3ccccc3=N2)[nH]c1=Cc1[nH]c(C)cc1C. The number of H-pyrrole nitrogens is 2. The zero-order valence-electron chi connectivity index (χ0n) is 16.7. The van der Waals surface area contributed by atoms with Crippen LogP contribution < -0.4 is 26.0 Å². The quantitative estimate of drug-likeness (QED) is 0.638. The Kier molecular flexibility index (Phi) is 5.08. The Morgan fingerprint density at radius 1 is 1.17 bits per heavy atom. The van der Waals surface area contributed by atoms with E-state index in [1.54, 1.807) is 6.92 Å². The maximum atomic E-state index is 11.8. The molecule has 0 aliphatic carbocycles. The highest BCUT2D eigenvalue weighted by Crippen LogP contribution is 2.11. The predicted molar refractivity (Wildman–Crippen MR) is 111 cm³/mol. The minimum Gasteiger partial charge on any atom is -0.480 e. The fourth-order valence-electron chi connectivity index (χ4n) is 3.36. The average Bonchev–Trinajstić information content (AvgIpc) is 3.37. The van der Waals surface area contributed by atoms with E-state index in [1.165, 1.54) is 0 Å². The van der Waals surface area contributed by atoms with Crippen LogP contribution in [0, 0.1) is 13.8 Å². The highest BCUT2D eigenvalue weighted by atomic mass is 16.6. The van der Waals surface area contributed by atoms with Crippen molar-refractivity contribution in [2.75, 3.05) is 13.2 Å². The first-order valence-electron chi connectivity index (χ1n) is 9.58. The molecule has 1 aliphatic heterocycles. The number of esters is 1. The molecule has 0 saturated heterocycles. The van der Waals surface area contributed by atoms with Gasteiger partial charge in [-0.3, -0.25) is 0 Å². The van der Waals surface area contributed by atoms with E-state index in [1.807, 2.05) is 56.3 Å². The molecule has 0 bridgehead atoms. The molecular weight excluding hydrogens is 366 g/mol. The van der Waals surface area contributed by atoms with Gasteiger partial charge >= 0.3 is 5.97 Å². The van der Waals surface area contributed by atoms with Crippen LogP contribution in [0.2, 0.25) is 0 Å². The van der Waals surface area contributed by atoms with Crippen LogP contribution in [-0.2, 0) is 9.53 Å². The highest BCUT2D eigenvalue weighted by molar-refractivity contribution is 5.77. The number of benzene rings is 1. The number of aromatic amines is 2. The number of hydrogen-bond acceptors (Lipinski definition) is 4. The Labute approximate surface area is 167 Å². The van der Waals surface area contributed by atoms with Crippen LogP contribution in [-0.4, -0.2) is 29.2 Å². The summed E-state index contributed by atoms with van der Waals surface area (Å²) in [6.45, 7) is 6.01. The van der Waals surface area contributed by atoms with Crippen molar-refractivity contribution in [3.63, 3.8) is 0 Å². The Morgan fingerprint density at radius 2 is 2.00 bits per heavy atom. The molecule has 3 aromatic rings. The second kappa shape index (κ2) is 7.83. The smallest absolute Gasteiger partial charge is 0.344 e. The van der Waals surface area contributed by atoms with Gasteiger partial charge in [0, 0.05) is 22.7 Å². The third-order valence-electron chi connectivity index (χ3n) is 4.69. The monoisotopic (exact) mass is 389 g/mol. The molecule has 3 heterocycles.